The average Bonchev–Trinajstić information content (AvgIpc) is 2.62. The van der Waals surface area contributed by atoms with E-state index in [0.29, 0.717) is 0 Å². The van der Waals surface area contributed by atoms with Gasteiger partial charge < -0.3 is 10.4 Å². The number of aliphatic hydroxyl groups excluding tert-OH is 1. The molecule has 1 heterocycles. The van der Waals surface area contributed by atoms with Crippen LogP contribution in [-0.4, -0.2) is 27.0 Å². The third kappa shape index (κ3) is 2.38. The molecule has 0 aliphatic heterocycles. The Morgan fingerprint density at radius 3 is 2.94 bits per heavy atom. The Balaban J connectivity index is 2.06. The van der Waals surface area contributed by atoms with E-state index >= 15 is 0 Å². The smallest absolute Gasteiger partial charge is 0.0853 e. The molecule has 16 heavy (non-hydrogen) atoms. The number of aryl methyl sites for hydroxylation is 2. The van der Waals surface area contributed by atoms with Crippen molar-refractivity contribution in [3.05, 3.63) is 11.9 Å². The Bertz CT molecular complexity index is 348. The van der Waals surface area contributed by atoms with E-state index in [-0.39, 0.29) is 12.1 Å². The molecule has 0 radical (unpaired) electrons. The molecular formula is C12H21N3O. The monoisotopic (exact) mass is 223 g/mol. The van der Waals surface area contributed by atoms with Gasteiger partial charge in [-0.3, -0.25) is 4.68 Å². The lowest BCUT2D eigenvalue weighted by Crippen LogP contribution is -2.36. The van der Waals surface area contributed by atoms with Gasteiger partial charge >= 0.3 is 0 Å². The predicted octanol–water partition coefficient (Wildman–Crippen LogP) is 1.70. The molecular weight excluding hydrogens is 202 g/mol. The topological polar surface area (TPSA) is 50.1 Å². The van der Waals surface area contributed by atoms with E-state index in [9.17, 15) is 5.11 Å². The summed E-state index contributed by atoms with van der Waals surface area (Å²) in [6, 6.07) is 0.197. The van der Waals surface area contributed by atoms with Gasteiger partial charge in [0.1, 0.15) is 0 Å². The number of aliphatic hydroxyl groups is 1. The maximum absolute atomic E-state index is 9.91. The van der Waals surface area contributed by atoms with Gasteiger partial charge in [-0.15, -0.1) is 0 Å². The largest absolute Gasteiger partial charge is 0.391 e. The number of nitrogens with one attached hydrogen (secondary N) is 1. The first kappa shape index (κ1) is 11.5. The van der Waals surface area contributed by atoms with Gasteiger partial charge in [0, 0.05) is 13.2 Å². The Morgan fingerprint density at radius 2 is 2.25 bits per heavy atom. The number of hydrogen-bond donors (Lipinski definition) is 2. The summed E-state index contributed by atoms with van der Waals surface area (Å²) in [5.74, 6) is 0. The minimum Gasteiger partial charge on any atom is -0.391 e. The van der Waals surface area contributed by atoms with Crippen LogP contribution in [0.3, 0.4) is 0 Å². The second-order valence-corrected chi connectivity index (χ2v) is 4.62. The minimum atomic E-state index is -0.210. The molecule has 1 fully saturated rings. The highest BCUT2D eigenvalue weighted by molar-refractivity contribution is 5.47. The highest BCUT2D eigenvalue weighted by Crippen LogP contribution is 2.23. The van der Waals surface area contributed by atoms with Crippen LogP contribution in [0.2, 0.25) is 0 Å². The fourth-order valence-corrected chi connectivity index (χ4v) is 2.40. The zero-order valence-electron chi connectivity index (χ0n) is 10.1. The highest BCUT2D eigenvalue weighted by Gasteiger charge is 2.23. The molecule has 90 valence electrons. The van der Waals surface area contributed by atoms with Crippen LogP contribution in [-0.2, 0) is 13.5 Å². The molecule has 2 atom stereocenters. The van der Waals surface area contributed by atoms with E-state index in [2.05, 4.69) is 17.3 Å². The Labute approximate surface area is 96.7 Å². The maximum atomic E-state index is 9.91. The first-order valence-corrected chi connectivity index (χ1v) is 6.18. The minimum absolute atomic E-state index is 0.197. The lowest BCUT2D eigenvalue weighted by Gasteiger charge is -2.28. The van der Waals surface area contributed by atoms with Crippen LogP contribution in [0, 0.1) is 0 Å². The molecule has 2 unspecified atom stereocenters. The molecule has 1 aliphatic rings. The molecule has 1 aliphatic carbocycles. The number of hydrogen-bond acceptors (Lipinski definition) is 3. The van der Waals surface area contributed by atoms with Crippen molar-refractivity contribution in [2.24, 2.45) is 7.05 Å². The third-order valence-electron chi connectivity index (χ3n) is 3.31. The van der Waals surface area contributed by atoms with Crippen LogP contribution >= 0.6 is 0 Å². The van der Waals surface area contributed by atoms with Crippen LogP contribution < -0.4 is 5.32 Å². The molecule has 0 saturated heterocycles. The number of aromatic nitrogens is 2. The second-order valence-electron chi connectivity index (χ2n) is 4.62. The number of anilines is 1. The summed E-state index contributed by atoms with van der Waals surface area (Å²) < 4.78 is 1.83. The first-order chi connectivity index (χ1) is 7.70. The van der Waals surface area contributed by atoms with Gasteiger partial charge in [-0.25, -0.2) is 0 Å². The van der Waals surface area contributed by atoms with Crippen molar-refractivity contribution in [1.29, 1.82) is 0 Å². The predicted molar refractivity (Wildman–Crippen MR) is 64.5 cm³/mol. The van der Waals surface area contributed by atoms with E-state index < -0.39 is 0 Å². The molecule has 0 aromatic carbocycles. The summed E-state index contributed by atoms with van der Waals surface area (Å²) in [4.78, 5) is 0. The van der Waals surface area contributed by atoms with Crippen molar-refractivity contribution in [3.8, 4) is 0 Å². The normalized spacial score (nSPS) is 25.7. The van der Waals surface area contributed by atoms with E-state index in [4.69, 9.17) is 0 Å². The molecule has 0 bridgehead atoms. The molecule has 1 saturated carbocycles. The quantitative estimate of drug-likeness (QED) is 0.820. The SMILES string of the molecule is CCc1nn(C)cc1NC1CCCCC1O. The van der Waals surface area contributed by atoms with Gasteiger partial charge in [-0.05, 0) is 19.3 Å². The van der Waals surface area contributed by atoms with Crippen LogP contribution in [0.4, 0.5) is 5.69 Å². The molecule has 0 amide bonds. The number of nitrogens with zero attached hydrogens (tertiary/aromatic N) is 2. The Morgan fingerprint density at radius 1 is 1.50 bits per heavy atom. The van der Waals surface area contributed by atoms with Crippen molar-refractivity contribution in [2.75, 3.05) is 5.32 Å². The van der Waals surface area contributed by atoms with Gasteiger partial charge in [0.2, 0.25) is 0 Å². The fourth-order valence-electron chi connectivity index (χ4n) is 2.40. The maximum Gasteiger partial charge on any atom is 0.0853 e. The van der Waals surface area contributed by atoms with Crippen LogP contribution in [0.15, 0.2) is 6.20 Å². The summed E-state index contributed by atoms with van der Waals surface area (Å²) in [6.07, 6.45) is 7.03. The van der Waals surface area contributed by atoms with Crippen molar-refractivity contribution < 1.29 is 5.11 Å². The van der Waals surface area contributed by atoms with Crippen molar-refractivity contribution in [2.45, 2.75) is 51.2 Å². The average molecular weight is 223 g/mol. The molecule has 1 aromatic rings. The lowest BCUT2D eigenvalue weighted by molar-refractivity contribution is 0.116. The second kappa shape index (κ2) is 4.87. The van der Waals surface area contributed by atoms with Gasteiger partial charge in [0.15, 0.2) is 0 Å². The summed E-state index contributed by atoms with van der Waals surface area (Å²) in [5.41, 5.74) is 2.16. The van der Waals surface area contributed by atoms with Gasteiger partial charge in [-0.2, -0.15) is 5.10 Å². The van der Waals surface area contributed by atoms with E-state index in [0.717, 1.165) is 37.1 Å². The van der Waals surface area contributed by atoms with Crippen LogP contribution in [0.5, 0.6) is 0 Å². The summed E-state index contributed by atoms with van der Waals surface area (Å²) in [6.45, 7) is 2.10. The van der Waals surface area contributed by atoms with Gasteiger partial charge in [0.05, 0.1) is 23.5 Å². The van der Waals surface area contributed by atoms with Crippen molar-refractivity contribution in [1.82, 2.24) is 9.78 Å². The number of rotatable bonds is 3. The Hall–Kier alpha value is -1.03. The first-order valence-electron chi connectivity index (χ1n) is 6.18. The van der Waals surface area contributed by atoms with Crippen molar-refractivity contribution >= 4 is 5.69 Å². The molecule has 2 N–H and O–H groups in total. The molecule has 4 heteroatoms. The standard InChI is InChI=1S/C12H21N3O/c1-3-9-11(8-15(2)14-9)13-10-6-4-5-7-12(10)16/h8,10,12-13,16H,3-7H2,1-2H3. The third-order valence-corrected chi connectivity index (χ3v) is 3.31. The Kier molecular flexibility index (Phi) is 3.49. The summed E-state index contributed by atoms with van der Waals surface area (Å²) in [5, 5.41) is 17.7. The zero-order valence-corrected chi connectivity index (χ0v) is 10.1. The lowest BCUT2D eigenvalue weighted by atomic mass is 9.92. The van der Waals surface area contributed by atoms with Crippen molar-refractivity contribution in [3.63, 3.8) is 0 Å². The van der Waals surface area contributed by atoms with Gasteiger partial charge in [0.25, 0.3) is 0 Å². The highest BCUT2D eigenvalue weighted by atomic mass is 16.3. The van der Waals surface area contributed by atoms with Crippen LogP contribution in [0.1, 0.15) is 38.3 Å². The van der Waals surface area contributed by atoms with E-state index in [1.54, 1.807) is 0 Å². The van der Waals surface area contributed by atoms with E-state index in [1.807, 2.05) is 17.9 Å². The van der Waals surface area contributed by atoms with E-state index in [1.165, 1.54) is 6.42 Å². The molecule has 0 spiro atoms. The van der Waals surface area contributed by atoms with Gasteiger partial charge in [-0.1, -0.05) is 19.8 Å². The van der Waals surface area contributed by atoms with Crippen LogP contribution in [0.25, 0.3) is 0 Å². The fraction of sp³-hybridized carbons (Fsp3) is 0.750. The molecule has 4 nitrogen and oxygen atoms in total. The zero-order chi connectivity index (χ0) is 11.5. The molecule has 1 aromatic heterocycles. The molecule has 2 rings (SSSR count). The summed E-state index contributed by atoms with van der Waals surface area (Å²) >= 11 is 0. The summed E-state index contributed by atoms with van der Waals surface area (Å²) in [7, 11) is 1.93.